The summed E-state index contributed by atoms with van der Waals surface area (Å²) < 4.78 is 2.08. The van der Waals surface area contributed by atoms with Gasteiger partial charge in [-0.1, -0.05) is 6.07 Å². The van der Waals surface area contributed by atoms with Crippen LogP contribution in [0, 0.1) is 6.92 Å². The molecule has 0 fully saturated rings. The van der Waals surface area contributed by atoms with E-state index in [1.807, 2.05) is 24.5 Å². The fourth-order valence-corrected chi connectivity index (χ4v) is 4.15. The van der Waals surface area contributed by atoms with Gasteiger partial charge in [0.15, 0.2) is 5.82 Å². The van der Waals surface area contributed by atoms with Crippen molar-refractivity contribution >= 4 is 17.1 Å². The quantitative estimate of drug-likeness (QED) is 0.560. The molecule has 0 spiro atoms. The first kappa shape index (κ1) is 15.6. The molecular weight excluding hydrogens is 344 g/mol. The summed E-state index contributed by atoms with van der Waals surface area (Å²) in [5.74, 6) is 1.61. The van der Waals surface area contributed by atoms with Gasteiger partial charge >= 0.3 is 0 Å². The van der Waals surface area contributed by atoms with Gasteiger partial charge in [0, 0.05) is 50.2 Å². The maximum absolute atomic E-state index is 4.80. The maximum Gasteiger partial charge on any atom is 0.234 e. The Bertz CT molecular complexity index is 1070. The molecule has 4 aromatic heterocycles. The zero-order chi connectivity index (χ0) is 17.5. The fourth-order valence-electron chi connectivity index (χ4n) is 3.48. The van der Waals surface area contributed by atoms with Crippen LogP contribution in [0.5, 0.6) is 0 Å². The number of aromatic nitrogens is 5. The SMILES string of the molecule is Cc1nc2ncccn2c1CN1CCc2nc(-c3cccs3)ncc2C1. The van der Waals surface area contributed by atoms with Gasteiger partial charge < -0.3 is 0 Å². The largest absolute Gasteiger partial charge is 0.293 e. The van der Waals surface area contributed by atoms with Gasteiger partial charge in [0.2, 0.25) is 5.78 Å². The predicted molar refractivity (Wildman–Crippen MR) is 101 cm³/mol. The molecule has 0 atom stereocenters. The summed E-state index contributed by atoms with van der Waals surface area (Å²) in [7, 11) is 0. The van der Waals surface area contributed by atoms with Crippen LogP contribution in [-0.2, 0) is 19.5 Å². The number of aryl methyl sites for hydroxylation is 1. The van der Waals surface area contributed by atoms with Crippen molar-refractivity contribution in [1.29, 1.82) is 0 Å². The summed E-state index contributed by atoms with van der Waals surface area (Å²) in [6, 6.07) is 6.06. The molecule has 26 heavy (non-hydrogen) atoms. The van der Waals surface area contributed by atoms with Gasteiger partial charge in [-0.05, 0) is 24.4 Å². The second kappa shape index (κ2) is 6.26. The lowest BCUT2D eigenvalue weighted by atomic mass is 10.1. The first-order chi connectivity index (χ1) is 12.8. The molecule has 0 aliphatic carbocycles. The van der Waals surface area contributed by atoms with E-state index in [1.54, 1.807) is 17.5 Å². The second-order valence-corrected chi connectivity index (χ2v) is 7.48. The highest BCUT2D eigenvalue weighted by Gasteiger charge is 2.21. The van der Waals surface area contributed by atoms with Crippen molar-refractivity contribution in [3.8, 4) is 10.7 Å². The topological polar surface area (TPSA) is 59.2 Å². The standard InChI is InChI=1S/C19H18N6S/c1-13-16(25-7-3-6-20-19(25)22-13)12-24-8-5-15-14(11-24)10-21-18(23-15)17-4-2-9-26-17/h2-4,6-7,9-10H,5,8,11-12H2,1H3. The molecule has 5 heterocycles. The monoisotopic (exact) mass is 362 g/mol. The lowest BCUT2D eigenvalue weighted by Gasteiger charge is -2.28. The van der Waals surface area contributed by atoms with E-state index in [4.69, 9.17) is 4.98 Å². The molecular formula is C19H18N6S. The van der Waals surface area contributed by atoms with Crippen molar-refractivity contribution in [3.05, 3.63) is 64.8 Å². The predicted octanol–water partition coefficient (Wildman–Crippen LogP) is 3.11. The number of thiophene rings is 1. The Morgan fingerprint density at radius 2 is 2.15 bits per heavy atom. The summed E-state index contributed by atoms with van der Waals surface area (Å²) in [6.45, 7) is 4.76. The Labute approximate surface area is 155 Å². The number of nitrogens with zero attached hydrogens (tertiary/aromatic N) is 6. The molecule has 0 saturated carbocycles. The lowest BCUT2D eigenvalue weighted by Crippen LogP contribution is -2.31. The molecule has 130 valence electrons. The van der Waals surface area contributed by atoms with Crippen molar-refractivity contribution < 1.29 is 0 Å². The third-order valence-corrected chi connectivity index (χ3v) is 5.70. The Morgan fingerprint density at radius 1 is 1.19 bits per heavy atom. The summed E-state index contributed by atoms with van der Waals surface area (Å²) in [6.07, 6.45) is 6.76. The second-order valence-electron chi connectivity index (χ2n) is 6.54. The number of hydrogen-bond acceptors (Lipinski definition) is 6. The van der Waals surface area contributed by atoms with Gasteiger partial charge in [-0.2, -0.15) is 0 Å². The van der Waals surface area contributed by atoms with Crippen LogP contribution in [0.1, 0.15) is 22.6 Å². The van der Waals surface area contributed by atoms with Crippen LogP contribution in [0.15, 0.2) is 42.2 Å². The Kier molecular flexibility index (Phi) is 3.76. The van der Waals surface area contributed by atoms with Crippen LogP contribution >= 0.6 is 11.3 Å². The van der Waals surface area contributed by atoms with E-state index in [0.29, 0.717) is 0 Å². The minimum Gasteiger partial charge on any atom is -0.293 e. The van der Waals surface area contributed by atoms with Gasteiger partial charge in [0.25, 0.3) is 0 Å². The number of imidazole rings is 1. The molecule has 6 nitrogen and oxygen atoms in total. The number of hydrogen-bond donors (Lipinski definition) is 0. The zero-order valence-corrected chi connectivity index (χ0v) is 15.3. The van der Waals surface area contributed by atoms with E-state index in [-0.39, 0.29) is 0 Å². The lowest BCUT2D eigenvalue weighted by molar-refractivity contribution is 0.239. The summed E-state index contributed by atoms with van der Waals surface area (Å²) in [5.41, 5.74) is 4.64. The molecule has 7 heteroatoms. The molecule has 4 aromatic rings. The number of rotatable bonds is 3. The Hall–Kier alpha value is -2.64. The molecule has 0 N–H and O–H groups in total. The van der Waals surface area contributed by atoms with E-state index in [9.17, 15) is 0 Å². The Morgan fingerprint density at radius 3 is 3.04 bits per heavy atom. The van der Waals surface area contributed by atoms with E-state index in [0.717, 1.165) is 48.2 Å². The average Bonchev–Trinajstić information content (AvgIpc) is 3.30. The van der Waals surface area contributed by atoms with E-state index >= 15 is 0 Å². The van der Waals surface area contributed by atoms with Crippen molar-refractivity contribution in [2.75, 3.05) is 6.54 Å². The molecule has 1 aliphatic rings. The van der Waals surface area contributed by atoms with Crippen LogP contribution in [0.4, 0.5) is 0 Å². The highest BCUT2D eigenvalue weighted by atomic mass is 32.1. The van der Waals surface area contributed by atoms with Crippen molar-refractivity contribution in [3.63, 3.8) is 0 Å². The van der Waals surface area contributed by atoms with Gasteiger partial charge in [0.05, 0.1) is 22.0 Å². The molecule has 5 rings (SSSR count). The van der Waals surface area contributed by atoms with E-state index < -0.39 is 0 Å². The van der Waals surface area contributed by atoms with Gasteiger partial charge in [0.1, 0.15) is 0 Å². The van der Waals surface area contributed by atoms with E-state index in [2.05, 4.69) is 42.6 Å². The maximum atomic E-state index is 4.80. The first-order valence-electron chi connectivity index (χ1n) is 8.67. The van der Waals surface area contributed by atoms with Crippen molar-refractivity contribution in [2.24, 2.45) is 0 Å². The highest BCUT2D eigenvalue weighted by molar-refractivity contribution is 7.13. The third kappa shape index (κ3) is 2.69. The molecule has 0 unspecified atom stereocenters. The summed E-state index contributed by atoms with van der Waals surface area (Å²) in [5, 5.41) is 2.06. The summed E-state index contributed by atoms with van der Waals surface area (Å²) >= 11 is 1.68. The van der Waals surface area contributed by atoms with Crippen molar-refractivity contribution in [1.82, 2.24) is 29.2 Å². The van der Waals surface area contributed by atoms with Crippen LogP contribution in [0.2, 0.25) is 0 Å². The Balaban J connectivity index is 1.40. The fraction of sp³-hybridized carbons (Fsp3) is 0.263. The van der Waals surface area contributed by atoms with Gasteiger partial charge in [-0.3, -0.25) is 9.30 Å². The zero-order valence-electron chi connectivity index (χ0n) is 14.5. The molecule has 0 aromatic carbocycles. The minimum atomic E-state index is 0.765. The summed E-state index contributed by atoms with van der Waals surface area (Å²) in [4.78, 5) is 21.8. The molecule has 0 amide bonds. The molecule has 0 radical (unpaired) electrons. The average molecular weight is 362 g/mol. The van der Waals surface area contributed by atoms with Crippen LogP contribution in [0.25, 0.3) is 16.5 Å². The molecule has 0 saturated heterocycles. The normalized spacial score (nSPS) is 14.7. The smallest absolute Gasteiger partial charge is 0.234 e. The van der Waals surface area contributed by atoms with Gasteiger partial charge in [-0.15, -0.1) is 11.3 Å². The molecule has 1 aliphatic heterocycles. The number of fused-ring (bicyclic) bond motifs is 2. The van der Waals surface area contributed by atoms with Crippen LogP contribution < -0.4 is 0 Å². The van der Waals surface area contributed by atoms with Crippen LogP contribution in [-0.4, -0.2) is 35.8 Å². The van der Waals surface area contributed by atoms with Crippen molar-refractivity contribution in [2.45, 2.75) is 26.4 Å². The third-order valence-electron chi connectivity index (χ3n) is 4.83. The minimum absolute atomic E-state index is 0.765. The molecule has 0 bridgehead atoms. The highest BCUT2D eigenvalue weighted by Crippen LogP contribution is 2.25. The van der Waals surface area contributed by atoms with Gasteiger partial charge in [-0.25, -0.2) is 19.9 Å². The van der Waals surface area contributed by atoms with E-state index in [1.165, 1.54) is 17.0 Å². The first-order valence-corrected chi connectivity index (χ1v) is 9.55. The van der Waals surface area contributed by atoms with Crippen LogP contribution in [0.3, 0.4) is 0 Å².